The van der Waals surface area contributed by atoms with Crippen LogP contribution in [0.25, 0.3) is 38.8 Å². The van der Waals surface area contributed by atoms with Crippen LogP contribution in [-0.4, -0.2) is 42.4 Å². The van der Waals surface area contributed by atoms with Gasteiger partial charge in [-0.15, -0.1) is 0 Å². The fraction of sp³-hybridized carbons (Fsp3) is 0.0455. The number of H-pyrrole nitrogens is 1. The number of hydrogen-bond donors (Lipinski definition) is 2. The van der Waals surface area contributed by atoms with Crippen molar-refractivity contribution < 1.29 is 21.4 Å². The molecule has 0 unspecified atom stereocenters. The first-order valence-electron chi connectivity index (χ1n) is 9.50. The van der Waals surface area contributed by atoms with Crippen molar-refractivity contribution in [2.24, 2.45) is 0 Å². The lowest BCUT2D eigenvalue weighted by atomic mass is 10.0. The minimum atomic E-state index is -4.73. The monoisotopic (exact) mass is 467 g/mol. The quantitative estimate of drug-likeness (QED) is 0.388. The first-order chi connectivity index (χ1) is 15.1. The van der Waals surface area contributed by atoms with Crippen LogP contribution in [0.3, 0.4) is 0 Å². The van der Waals surface area contributed by atoms with Crippen LogP contribution in [0, 0.1) is 0 Å². The Bertz CT molecular complexity index is 1700. The fourth-order valence-corrected chi connectivity index (χ4v) is 6.28. The van der Waals surface area contributed by atoms with Crippen LogP contribution < -0.4 is 0 Å². The molecule has 0 fully saturated rings. The maximum atomic E-state index is 12.4. The fourth-order valence-electron chi connectivity index (χ4n) is 3.89. The van der Waals surface area contributed by atoms with Crippen LogP contribution in [0.1, 0.15) is 0 Å². The zero-order valence-corrected chi connectivity index (χ0v) is 18.4. The van der Waals surface area contributed by atoms with Crippen molar-refractivity contribution >= 4 is 41.8 Å². The molecule has 162 valence electrons. The minimum absolute atomic E-state index is 0.183. The number of nitrogens with one attached hydrogen (secondary N) is 1. The topological polar surface area (TPSA) is 122 Å². The highest BCUT2D eigenvalue weighted by molar-refractivity contribution is 7.92. The second kappa shape index (κ2) is 7.02. The average molecular weight is 468 g/mol. The minimum Gasteiger partial charge on any atom is -0.340 e. The van der Waals surface area contributed by atoms with E-state index in [1.165, 1.54) is 12.1 Å². The van der Waals surface area contributed by atoms with Crippen molar-refractivity contribution in [2.45, 2.75) is 9.79 Å². The number of hydrogen-bond acceptors (Lipinski definition) is 5. The van der Waals surface area contributed by atoms with Crippen LogP contribution in [-0.2, 0) is 20.0 Å². The number of rotatable bonds is 4. The maximum Gasteiger partial charge on any atom is 0.295 e. The third-order valence-corrected chi connectivity index (χ3v) is 7.46. The Morgan fingerprint density at radius 2 is 1.69 bits per heavy atom. The van der Waals surface area contributed by atoms with E-state index in [1.807, 2.05) is 30.3 Å². The van der Waals surface area contributed by atoms with Gasteiger partial charge in [-0.2, -0.15) is 13.5 Å². The summed E-state index contributed by atoms with van der Waals surface area (Å²) in [6.07, 6.45) is 2.56. The first kappa shape index (κ1) is 20.4. The number of aromatic nitrogens is 3. The Kier molecular flexibility index (Phi) is 4.48. The standard InChI is InChI=1S/C22H17N3O5S2/c1-31(26,27)22-17(6-4-8-20(22)32(28,29)30)14-9-10-19-16(11-14)13-23-25(19)21-12-15-5-2-3-7-18(15)24-21/h2-13,24H,1H3,(H,28,29,30). The van der Waals surface area contributed by atoms with Crippen LogP contribution in [0.15, 0.2) is 82.7 Å². The SMILES string of the molecule is CS(=O)(=O)c1c(-c2ccc3c(cnn3-c3cc4ccccc4[nH]3)c2)cccc1S(=O)(=O)O. The van der Waals surface area contributed by atoms with Gasteiger partial charge in [-0.3, -0.25) is 4.55 Å². The lowest BCUT2D eigenvalue weighted by molar-refractivity contribution is 0.480. The van der Waals surface area contributed by atoms with Gasteiger partial charge in [0.15, 0.2) is 9.84 Å². The molecule has 8 nitrogen and oxygen atoms in total. The molecule has 2 aromatic heterocycles. The van der Waals surface area contributed by atoms with E-state index >= 15 is 0 Å². The molecule has 0 spiro atoms. The van der Waals surface area contributed by atoms with E-state index in [2.05, 4.69) is 10.1 Å². The summed E-state index contributed by atoms with van der Waals surface area (Å²) in [5.74, 6) is 0.777. The van der Waals surface area contributed by atoms with E-state index in [9.17, 15) is 21.4 Å². The molecule has 0 amide bonds. The molecule has 2 N–H and O–H groups in total. The largest absolute Gasteiger partial charge is 0.340 e. The number of sulfone groups is 1. The van der Waals surface area contributed by atoms with Crippen molar-refractivity contribution in [3.8, 4) is 16.9 Å². The predicted octanol–water partition coefficient (Wildman–Crippen LogP) is 3.82. The van der Waals surface area contributed by atoms with Crippen molar-refractivity contribution in [3.05, 3.63) is 72.9 Å². The van der Waals surface area contributed by atoms with Gasteiger partial charge in [0.1, 0.15) is 10.7 Å². The summed E-state index contributed by atoms with van der Waals surface area (Å²) in [6, 6.07) is 19.0. The molecule has 10 heteroatoms. The van der Waals surface area contributed by atoms with Gasteiger partial charge < -0.3 is 4.98 Å². The van der Waals surface area contributed by atoms with Gasteiger partial charge in [0.05, 0.1) is 16.6 Å². The number of aromatic amines is 1. The molecule has 5 rings (SSSR count). The number of benzene rings is 3. The lowest BCUT2D eigenvalue weighted by Gasteiger charge is -2.12. The smallest absolute Gasteiger partial charge is 0.295 e. The summed E-state index contributed by atoms with van der Waals surface area (Å²) in [7, 11) is -8.70. The molecule has 0 saturated heterocycles. The van der Waals surface area contributed by atoms with E-state index in [0.29, 0.717) is 5.56 Å². The zero-order chi connectivity index (χ0) is 22.7. The second-order valence-corrected chi connectivity index (χ2v) is 10.8. The molecule has 0 aliphatic rings. The summed E-state index contributed by atoms with van der Waals surface area (Å²) >= 11 is 0. The van der Waals surface area contributed by atoms with Gasteiger partial charge in [0.25, 0.3) is 10.1 Å². The number of nitrogens with zero attached hydrogens (tertiary/aromatic N) is 2. The Labute approximate surface area is 183 Å². The molecular weight excluding hydrogens is 450 g/mol. The molecule has 2 heterocycles. The van der Waals surface area contributed by atoms with Gasteiger partial charge in [0.2, 0.25) is 0 Å². The van der Waals surface area contributed by atoms with Gasteiger partial charge in [-0.25, -0.2) is 13.1 Å². The Morgan fingerprint density at radius 1 is 0.906 bits per heavy atom. The molecule has 0 atom stereocenters. The molecule has 5 aromatic rings. The second-order valence-electron chi connectivity index (χ2n) is 7.45. The summed E-state index contributed by atoms with van der Waals surface area (Å²) in [6.45, 7) is 0. The van der Waals surface area contributed by atoms with Crippen LogP contribution >= 0.6 is 0 Å². The average Bonchev–Trinajstić information content (AvgIpc) is 3.35. The van der Waals surface area contributed by atoms with Gasteiger partial charge >= 0.3 is 0 Å². The van der Waals surface area contributed by atoms with Gasteiger partial charge in [0, 0.05) is 28.1 Å². The first-order valence-corrected chi connectivity index (χ1v) is 12.8. The van der Waals surface area contributed by atoms with E-state index in [0.717, 1.165) is 39.9 Å². The van der Waals surface area contributed by atoms with Crippen LogP contribution in [0.2, 0.25) is 0 Å². The van der Waals surface area contributed by atoms with Crippen molar-refractivity contribution in [1.29, 1.82) is 0 Å². The van der Waals surface area contributed by atoms with Gasteiger partial charge in [-0.1, -0.05) is 36.4 Å². The van der Waals surface area contributed by atoms with Crippen molar-refractivity contribution in [2.75, 3.05) is 6.26 Å². The van der Waals surface area contributed by atoms with Crippen molar-refractivity contribution in [1.82, 2.24) is 14.8 Å². The van der Waals surface area contributed by atoms with Crippen molar-refractivity contribution in [3.63, 3.8) is 0 Å². The summed E-state index contributed by atoms with van der Waals surface area (Å²) < 4.78 is 59.8. The highest BCUT2D eigenvalue weighted by Crippen LogP contribution is 2.34. The molecule has 0 radical (unpaired) electrons. The summed E-state index contributed by atoms with van der Waals surface area (Å²) in [5.41, 5.74) is 2.43. The molecule has 32 heavy (non-hydrogen) atoms. The van der Waals surface area contributed by atoms with E-state index in [-0.39, 0.29) is 5.56 Å². The normalized spacial score (nSPS) is 12.6. The third kappa shape index (κ3) is 3.38. The Hall–Kier alpha value is -3.47. The highest BCUT2D eigenvalue weighted by atomic mass is 32.2. The Morgan fingerprint density at radius 3 is 2.41 bits per heavy atom. The summed E-state index contributed by atoms with van der Waals surface area (Å²) in [5, 5.41) is 6.23. The van der Waals surface area contributed by atoms with Crippen LogP contribution in [0.4, 0.5) is 0 Å². The lowest BCUT2D eigenvalue weighted by Crippen LogP contribution is -2.09. The third-order valence-electron chi connectivity index (χ3n) is 5.25. The van der Waals surface area contributed by atoms with Crippen LogP contribution in [0.5, 0.6) is 0 Å². The molecule has 0 aliphatic carbocycles. The number of para-hydroxylation sites is 1. The molecule has 3 aromatic carbocycles. The predicted molar refractivity (Wildman–Crippen MR) is 121 cm³/mol. The molecule has 0 bridgehead atoms. The van der Waals surface area contributed by atoms with E-state index in [1.54, 1.807) is 29.1 Å². The van der Waals surface area contributed by atoms with E-state index < -0.39 is 29.7 Å². The highest BCUT2D eigenvalue weighted by Gasteiger charge is 2.26. The maximum absolute atomic E-state index is 12.4. The molecule has 0 aliphatic heterocycles. The van der Waals surface area contributed by atoms with E-state index in [4.69, 9.17) is 0 Å². The van der Waals surface area contributed by atoms with Gasteiger partial charge in [-0.05, 0) is 35.9 Å². The molecule has 0 saturated carbocycles. The molecular formula is C22H17N3O5S2. The Balaban J connectivity index is 1.69. The zero-order valence-electron chi connectivity index (χ0n) is 16.7. The summed E-state index contributed by atoms with van der Waals surface area (Å²) in [4.78, 5) is 2.23. The number of fused-ring (bicyclic) bond motifs is 2.